The summed E-state index contributed by atoms with van der Waals surface area (Å²) in [6.45, 7) is 1.90. The minimum Gasteiger partial charge on any atom is -0.507 e. The summed E-state index contributed by atoms with van der Waals surface area (Å²) in [6, 6.07) is 5.11. The Morgan fingerprint density at radius 2 is 2.14 bits per heavy atom. The fourth-order valence-corrected chi connectivity index (χ4v) is 1.62. The zero-order valence-electron chi connectivity index (χ0n) is 8.00. The highest BCUT2D eigenvalue weighted by molar-refractivity contribution is 9.10. The number of phenols is 1. The van der Waals surface area contributed by atoms with E-state index in [1.165, 1.54) is 0 Å². The first kappa shape index (κ1) is 11.5. The van der Waals surface area contributed by atoms with E-state index in [1.54, 1.807) is 18.2 Å². The van der Waals surface area contributed by atoms with Crippen molar-refractivity contribution >= 4 is 15.9 Å². The summed E-state index contributed by atoms with van der Waals surface area (Å²) in [5, 5.41) is 18.1. The molecule has 0 aliphatic heterocycles. The Hall–Kier alpha value is -0.580. The molecule has 0 aliphatic rings. The number of phenolic OH excluding ortho intramolecular Hbond substituents is 1. The van der Waals surface area contributed by atoms with E-state index in [-0.39, 0.29) is 12.4 Å². The van der Waals surface area contributed by atoms with Crippen LogP contribution in [-0.4, -0.2) is 16.8 Å². The van der Waals surface area contributed by atoms with Crippen LogP contribution >= 0.6 is 15.9 Å². The van der Waals surface area contributed by atoms with Gasteiger partial charge in [-0.15, -0.1) is 0 Å². The third kappa shape index (κ3) is 2.47. The van der Waals surface area contributed by atoms with Crippen molar-refractivity contribution in [3.8, 4) is 5.75 Å². The average molecular weight is 260 g/mol. The molecular weight excluding hydrogens is 246 g/mol. The predicted molar refractivity (Wildman–Crippen MR) is 59.0 cm³/mol. The van der Waals surface area contributed by atoms with Gasteiger partial charge in [-0.25, -0.2) is 0 Å². The van der Waals surface area contributed by atoms with E-state index in [4.69, 9.17) is 10.8 Å². The Morgan fingerprint density at radius 1 is 1.50 bits per heavy atom. The first-order valence-corrected chi connectivity index (χ1v) is 5.15. The standard InChI is InChI=1S/C10H14BrNO2/c1-10(12,4-5-13)7-2-3-9(14)8(11)6-7/h2-3,6,13-14H,4-5,12H2,1H3/t10-/m0/s1. The van der Waals surface area contributed by atoms with Crippen molar-refractivity contribution < 1.29 is 10.2 Å². The summed E-state index contributed by atoms with van der Waals surface area (Å²) < 4.78 is 0.615. The Morgan fingerprint density at radius 3 is 2.64 bits per heavy atom. The van der Waals surface area contributed by atoms with E-state index in [0.29, 0.717) is 10.9 Å². The van der Waals surface area contributed by atoms with Gasteiger partial charge in [-0.1, -0.05) is 6.07 Å². The maximum Gasteiger partial charge on any atom is 0.129 e. The van der Waals surface area contributed by atoms with Gasteiger partial charge in [0.2, 0.25) is 0 Å². The van der Waals surface area contributed by atoms with Crippen LogP contribution < -0.4 is 5.73 Å². The van der Waals surface area contributed by atoms with Crippen LogP contribution in [-0.2, 0) is 5.54 Å². The largest absolute Gasteiger partial charge is 0.507 e. The number of benzene rings is 1. The summed E-state index contributed by atoms with van der Waals surface area (Å²) in [5.41, 5.74) is 6.33. The second kappa shape index (κ2) is 4.29. The number of hydrogen-bond donors (Lipinski definition) is 3. The first-order chi connectivity index (χ1) is 6.47. The van der Waals surface area contributed by atoms with Crippen molar-refractivity contribution in [2.45, 2.75) is 18.9 Å². The Labute approximate surface area is 91.7 Å². The van der Waals surface area contributed by atoms with Crippen LogP contribution in [0.15, 0.2) is 22.7 Å². The number of hydrogen-bond acceptors (Lipinski definition) is 3. The van der Waals surface area contributed by atoms with Crippen LogP contribution in [0.2, 0.25) is 0 Å². The molecular formula is C10H14BrNO2. The molecule has 1 aromatic carbocycles. The number of halogens is 1. The summed E-state index contributed by atoms with van der Waals surface area (Å²) in [6.07, 6.45) is 0.490. The first-order valence-electron chi connectivity index (χ1n) is 4.36. The van der Waals surface area contributed by atoms with E-state index >= 15 is 0 Å². The average Bonchev–Trinajstić information content (AvgIpc) is 2.09. The van der Waals surface area contributed by atoms with Crippen LogP contribution in [0.5, 0.6) is 5.75 Å². The van der Waals surface area contributed by atoms with Crippen molar-refractivity contribution in [3.63, 3.8) is 0 Å². The molecule has 1 aromatic rings. The fourth-order valence-electron chi connectivity index (χ4n) is 1.24. The smallest absolute Gasteiger partial charge is 0.129 e. The second-order valence-corrected chi connectivity index (χ2v) is 4.41. The summed E-state index contributed by atoms with van der Waals surface area (Å²) in [4.78, 5) is 0. The molecule has 14 heavy (non-hydrogen) atoms. The minimum absolute atomic E-state index is 0.0471. The third-order valence-electron chi connectivity index (χ3n) is 2.24. The van der Waals surface area contributed by atoms with Gasteiger partial charge in [-0.2, -0.15) is 0 Å². The lowest BCUT2D eigenvalue weighted by molar-refractivity contribution is 0.247. The van der Waals surface area contributed by atoms with Gasteiger partial charge in [0, 0.05) is 12.1 Å². The van der Waals surface area contributed by atoms with Gasteiger partial charge in [-0.3, -0.25) is 0 Å². The molecule has 0 amide bonds. The number of nitrogens with two attached hydrogens (primary N) is 1. The molecule has 0 radical (unpaired) electrons. The monoisotopic (exact) mass is 259 g/mol. The van der Waals surface area contributed by atoms with Crippen LogP contribution in [0.1, 0.15) is 18.9 Å². The molecule has 0 saturated heterocycles. The second-order valence-electron chi connectivity index (χ2n) is 3.56. The van der Waals surface area contributed by atoms with Crippen LogP contribution in [0.25, 0.3) is 0 Å². The highest BCUT2D eigenvalue weighted by Crippen LogP contribution is 2.29. The Bertz CT molecular complexity index is 326. The van der Waals surface area contributed by atoms with Crippen molar-refractivity contribution in [2.24, 2.45) is 5.73 Å². The molecule has 3 nitrogen and oxygen atoms in total. The maximum atomic E-state index is 9.30. The van der Waals surface area contributed by atoms with Gasteiger partial charge in [0.15, 0.2) is 0 Å². The molecule has 78 valence electrons. The van der Waals surface area contributed by atoms with Crippen molar-refractivity contribution in [1.82, 2.24) is 0 Å². The van der Waals surface area contributed by atoms with E-state index in [2.05, 4.69) is 15.9 Å². The van der Waals surface area contributed by atoms with Crippen LogP contribution in [0, 0.1) is 0 Å². The third-order valence-corrected chi connectivity index (χ3v) is 2.87. The quantitative estimate of drug-likeness (QED) is 0.775. The lowest BCUT2D eigenvalue weighted by atomic mass is 9.90. The zero-order chi connectivity index (χ0) is 10.8. The van der Waals surface area contributed by atoms with Gasteiger partial charge < -0.3 is 15.9 Å². The van der Waals surface area contributed by atoms with Gasteiger partial charge in [0.25, 0.3) is 0 Å². The number of aliphatic hydroxyl groups excluding tert-OH is 1. The van der Waals surface area contributed by atoms with Crippen molar-refractivity contribution in [2.75, 3.05) is 6.61 Å². The SMILES string of the molecule is C[C@](N)(CCO)c1ccc(O)c(Br)c1. The lowest BCUT2D eigenvalue weighted by Gasteiger charge is -2.24. The normalized spacial score (nSPS) is 15.1. The number of rotatable bonds is 3. The van der Waals surface area contributed by atoms with Crippen molar-refractivity contribution in [3.05, 3.63) is 28.2 Å². The lowest BCUT2D eigenvalue weighted by Crippen LogP contribution is -2.33. The molecule has 0 spiro atoms. The van der Waals surface area contributed by atoms with Gasteiger partial charge in [-0.05, 0) is 47.0 Å². The van der Waals surface area contributed by atoms with Crippen molar-refractivity contribution in [1.29, 1.82) is 0 Å². The van der Waals surface area contributed by atoms with E-state index in [0.717, 1.165) is 5.56 Å². The summed E-state index contributed by atoms with van der Waals surface area (Å²) >= 11 is 3.22. The molecule has 4 N–H and O–H groups in total. The van der Waals surface area contributed by atoms with Gasteiger partial charge >= 0.3 is 0 Å². The molecule has 4 heteroatoms. The van der Waals surface area contributed by atoms with Gasteiger partial charge in [0.1, 0.15) is 5.75 Å². The molecule has 1 rings (SSSR count). The summed E-state index contributed by atoms with van der Waals surface area (Å²) in [5.74, 6) is 0.188. The molecule has 0 bridgehead atoms. The zero-order valence-corrected chi connectivity index (χ0v) is 9.58. The van der Waals surface area contributed by atoms with Crippen LogP contribution in [0.3, 0.4) is 0 Å². The highest BCUT2D eigenvalue weighted by Gasteiger charge is 2.20. The molecule has 0 unspecified atom stereocenters. The molecule has 1 atom stereocenters. The molecule has 0 saturated carbocycles. The van der Waals surface area contributed by atoms with E-state index < -0.39 is 5.54 Å². The van der Waals surface area contributed by atoms with Crippen LogP contribution in [0.4, 0.5) is 0 Å². The van der Waals surface area contributed by atoms with E-state index in [1.807, 2.05) is 6.92 Å². The Kier molecular flexibility index (Phi) is 3.53. The predicted octanol–water partition coefficient (Wildman–Crippen LogP) is 1.71. The molecule has 0 heterocycles. The minimum atomic E-state index is -0.565. The topological polar surface area (TPSA) is 66.5 Å². The number of aliphatic hydroxyl groups is 1. The van der Waals surface area contributed by atoms with Gasteiger partial charge in [0.05, 0.1) is 4.47 Å². The molecule has 0 aliphatic carbocycles. The highest BCUT2D eigenvalue weighted by atomic mass is 79.9. The number of aromatic hydroxyl groups is 1. The fraction of sp³-hybridized carbons (Fsp3) is 0.400. The molecule has 0 aromatic heterocycles. The summed E-state index contributed by atoms with van der Waals surface area (Å²) in [7, 11) is 0. The maximum absolute atomic E-state index is 9.30. The van der Waals surface area contributed by atoms with E-state index in [9.17, 15) is 5.11 Å². The Balaban J connectivity index is 3.01. The molecule has 0 fully saturated rings.